The third-order valence-electron chi connectivity index (χ3n) is 4.03. The number of rotatable bonds is 3. The predicted octanol–water partition coefficient (Wildman–Crippen LogP) is 1.49. The molecule has 0 aliphatic carbocycles. The second-order valence-electron chi connectivity index (χ2n) is 5.92. The van der Waals surface area contributed by atoms with Gasteiger partial charge >= 0.3 is 0 Å². The zero-order valence-corrected chi connectivity index (χ0v) is 12.4. The van der Waals surface area contributed by atoms with Gasteiger partial charge in [-0.2, -0.15) is 0 Å². The van der Waals surface area contributed by atoms with Crippen molar-refractivity contribution in [1.82, 2.24) is 15.2 Å². The highest BCUT2D eigenvalue weighted by molar-refractivity contribution is 6.01. The van der Waals surface area contributed by atoms with Crippen molar-refractivity contribution in [2.24, 2.45) is 0 Å². The van der Waals surface area contributed by atoms with Crippen LogP contribution in [-0.4, -0.2) is 32.8 Å². The van der Waals surface area contributed by atoms with Gasteiger partial charge in [-0.05, 0) is 39.3 Å². The van der Waals surface area contributed by atoms with E-state index >= 15 is 0 Å². The van der Waals surface area contributed by atoms with Gasteiger partial charge < -0.3 is 10.2 Å². The number of hydrogen-bond acceptors (Lipinski definition) is 3. The first-order valence-electron chi connectivity index (χ1n) is 6.86. The van der Waals surface area contributed by atoms with Gasteiger partial charge in [0, 0.05) is 6.20 Å². The maximum absolute atomic E-state index is 12.7. The average molecular weight is 275 g/mol. The van der Waals surface area contributed by atoms with Crippen molar-refractivity contribution in [3.8, 4) is 0 Å². The molecule has 5 nitrogen and oxygen atoms in total. The smallest absolute Gasteiger partial charge is 0.248 e. The molecule has 1 fully saturated rings. The number of pyridine rings is 1. The molecule has 0 aromatic carbocycles. The first-order valence-corrected chi connectivity index (χ1v) is 6.86. The fourth-order valence-corrected chi connectivity index (χ4v) is 2.41. The van der Waals surface area contributed by atoms with Gasteiger partial charge in [0.2, 0.25) is 11.8 Å². The Hall–Kier alpha value is -1.91. The molecule has 1 atom stereocenters. The van der Waals surface area contributed by atoms with Crippen LogP contribution in [0.15, 0.2) is 24.4 Å². The van der Waals surface area contributed by atoms with Crippen molar-refractivity contribution in [3.63, 3.8) is 0 Å². The van der Waals surface area contributed by atoms with Gasteiger partial charge in [-0.15, -0.1) is 0 Å². The first kappa shape index (κ1) is 14.5. The summed E-state index contributed by atoms with van der Waals surface area (Å²) in [5.41, 5.74) is -0.920. The van der Waals surface area contributed by atoms with Gasteiger partial charge in [-0.3, -0.25) is 14.6 Å². The molecule has 2 rings (SSSR count). The molecular weight excluding hydrogens is 254 g/mol. The van der Waals surface area contributed by atoms with E-state index in [9.17, 15) is 9.59 Å². The standard InChI is InChI=1S/C15H21N3O2/c1-5-15(4)12(19)17-14(2,3)13(20)18(15)10-11-8-6-7-9-16-11/h6-9H,5,10H2,1-4H3,(H,17,19). The molecule has 20 heavy (non-hydrogen) atoms. The molecule has 1 aliphatic rings. The van der Waals surface area contributed by atoms with Crippen LogP contribution in [0.4, 0.5) is 0 Å². The summed E-state index contributed by atoms with van der Waals surface area (Å²) < 4.78 is 0. The summed E-state index contributed by atoms with van der Waals surface area (Å²) in [5.74, 6) is -0.187. The van der Waals surface area contributed by atoms with E-state index < -0.39 is 11.1 Å². The van der Waals surface area contributed by atoms with Crippen LogP contribution in [0.2, 0.25) is 0 Å². The van der Waals surface area contributed by atoms with Crippen molar-refractivity contribution in [2.75, 3.05) is 0 Å². The highest BCUT2D eigenvalue weighted by atomic mass is 16.2. The molecule has 1 saturated heterocycles. The Kier molecular flexibility index (Phi) is 3.54. The van der Waals surface area contributed by atoms with E-state index in [0.29, 0.717) is 13.0 Å². The summed E-state index contributed by atoms with van der Waals surface area (Å²) in [6, 6.07) is 5.57. The van der Waals surface area contributed by atoms with Crippen LogP contribution in [0, 0.1) is 0 Å². The number of nitrogens with one attached hydrogen (secondary N) is 1. The van der Waals surface area contributed by atoms with Gasteiger partial charge in [-0.1, -0.05) is 13.0 Å². The summed E-state index contributed by atoms with van der Waals surface area (Å²) in [4.78, 5) is 30.9. The Balaban J connectivity index is 2.38. The molecule has 5 heteroatoms. The largest absolute Gasteiger partial charge is 0.340 e. The predicted molar refractivity (Wildman–Crippen MR) is 75.7 cm³/mol. The number of piperazine rings is 1. The number of carbonyl (C=O) groups is 2. The van der Waals surface area contributed by atoms with Crippen LogP contribution in [0.3, 0.4) is 0 Å². The van der Waals surface area contributed by atoms with Gasteiger partial charge in [0.15, 0.2) is 0 Å². The van der Waals surface area contributed by atoms with Crippen LogP contribution in [0.25, 0.3) is 0 Å². The second kappa shape index (κ2) is 4.89. The van der Waals surface area contributed by atoms with E-state index in [1.807, 2.05) is 25.1 Å². The maximum Gasteiger partial charge on any atom is 0.248 e. The molecule has 0 spiro atoms. The highest BCUT2D eigenvalue weighted by Gasteiger charge is 2.51. The number of hydrogen-bond donors (Lipinski definition) is 1. The van der Waals surface area contributed by atoms with Crippen LogP contribution in [-0.2, 0) is 16.1 Å². The normalized spacial score (nSPS) is 25.5. The Labute approximate surface area is 119 Å². The summed E-state index contributed by atoms with van der Waals surface area (Å²) in [5, 5.41) is 2.81. The van der Waals surface area contributed by atoms with Crippen molar-refractivity contribution in [1.29, 1.82) is 0 Å². The molecule has 0 radical (unpaired) electrons. The lowest BCUT2D eigenvalue weighted by Gasteiger charge is -2.48. The Bertz CT molecular complexity index is 527. The Morgan fingerprint density at radius 1 is 1.25 bits per heavy atom. The molecule has 0 bridgehead atoms. The highest BCUT2D eigenvalue weighted by Crippen LogP contribution is 2.30. The lowest BCUT2D eigenvalue weighted by molar-refractivity contribution is -0.162. The molecular formula is C15H21N3O2. The van der Waals surface area contributed by atoms with Crippen LogP contribution in [0.5, 0.6) is 0 Å². The quantitative estimate of drug-likeness (QED) is 0.909. The fourth-order valence-electron chi connectivity index (χ4n) is 2.41. The molecule has 1 unspecified atom stereocenters. The molecule has 1 aliphatic heterocycles. The summed E-state index contributed by atoms with van der Waals surface area (Å²) in [7, 11) is 0. The van der Waals surface area contributed by atoms with E-state index in [1.54, 1.807) is 31.9 Å². The number of amides is 2. The van der Waals surface area contributed by atoms with Gasteiger partial charge in [0.05, 0.1) is 12.2 Å². The van der Waals surface area contributed by atoms with E-state index in [0.717, 1.165) is 5.69 Å². The Morgan fingerprint density at radius 3 is 2.50 bits per heavy atom. The zero-order chi connectivity index (χ0) is 15.0. The van der Waals surface area contributed by atoms with E-state index in [-0.39, 0.29) is 11.8 Å². The lowest BCUT2D eigenvalue weighted by atomic mass is 9.86. The zero-order valence-electron chi connectivity index (χ0n) is 12.4. The van der Waals surface area contributed by atoms with Crippen LogP contribution < -0.4 is 5.32 Å². The fraction of sp³-hybridized carbons (Fsp3) is 0.533. The Morgan fingerprint density at radius 2 is 1.95 bits per heavy atom. The second-order valence-corrected chi connectivity index (χ2v) is 5.92. The van der Waals surface area contributed by atoms with Gasteiger partial charge in [0.25, 0.3) is 0 Å². The molecule has 108 valence electrons. The van der Waals surface area contributed by atoms with Crippen molar-refractivity contribution >= 4 is 11.8 Å². The number of carbonyl (C=O) groups excluding carboxylic acids is 2. The van der Waals surface area contributed by atoms with Gasteiger partial charge in [0.1, 0.15) is 11.1 Å². The van der Waals surface area contributed by atoms with E-state index in [4.69, 9.17) is 0 Å². The molecule has 1 aromatic heterocycles. The van der Waals surface area contributed by atoms with E-state index in [1.165, 1.54) is 0 Å². The lowest BCUT2D eigenvalue weighted by Crippen LogP contribution is -2.72. The summed E-state index contributed by atoms with van der Waals surface area (Å²) in [6.07, 6.45) is 2.26. The first-order chi connectivity index (χ1) is 9.31. The minimum atomic E-state index is -0.874. The van der Waals surface area contributed by atoms with Crippen molar-refractivity contribution in [3.05, 3.63) is 30.1 Å². The molecule has 1 N–H and O–H groups in total. The topological polar surface area (TPSA) is 62.3 Å². The monoisotopic (exact) mass is 275 g/mol. The molecule has 2 heterocycles. The number of aromatic nitrogens is 1. The maximum atomic E-state index is 12.7. The molecule has 0 saturated carbocycles. The summed E-state index contributed by atoms with van der Waals surface area (Å²) in [6.45, 7) is 7.53. The minimum absolute atomic E-state index is 0.0768. The third kappa shape index (κ3) is 2.28. The SMILES string of the molecule is CCC1(C)C(=O)NC(C)(C)C(=O)N1Cc1ccccn1. The average Bonchev–Trinajstić information content (AvgIpc) is 2.42. The van der Waals surface area contributed by atoms with Crippen LogP contribution >= 0.6 is 0 Å². The summed E-state index contributed by atoms with van der Waals surface area (Å²) >= 11 is 0. The van der Waals surface area contributed by atoms with Gasteiger partial charge in [-0.25, -0.2) is 0 Å². The third-order valence-corrected chi connectivity index (χ3v) is 4.03. The molecule has 2 amide bonds. The van der Waals surface area contributed by atoms with Crippen molar-refractivity contribution < 1.29 is 9.59 Å². The number of nitrogens with zero attached hydrogens (tertiary/aromatic N) is 2. The van der Waals surface area contributed by atoms with E-state index in [2.05, 4.69) is 10.3 Å². The van der Waals surface area contributed by atoms with Crippen LogP contribution in [0.1, 0.15) is 39.8 Å². The minimum Gasteiger partial charge on any atom is -0.340 e. The molecule has 1 aromatic rings. The van der Waals surface area contributed by atoms with Crippen molar-refractivity contribution in [2.45, 2.75) is 51.7 Å².